The molecule has 188 valence electrons. The van der Waals surface area contributed by atoms with Crippen molar-refractivity contribution in [2.24, 2.45) is 11.8 Å². The van der Waals surface area contributed by atoms with Gasteiger partial charge in [-0.2, -0.15) is 0 Å². The van der Waals surface area contributed by atoms with E-state index in [9.17, 15) is 19.5 Å². The van der Waals surface area contributed by atoms with Crippen LogP contribution < -0.4 is 15.7 Å². The Morgan fingerprint density at radius 2 is 1.27 bits per heavy atom. The first-order valence-electron chi connectivity index (χ1n) is 11.3. The molecular weight excluding hydrogens is 436 g/mol. The van der Waals surface area contributed by atoms with Crippen LogP contribution in [0.1, 0.15) is 55.4 Å². The summed E-state index contributed by atoms with van der Waals surface area (Å²) in [6.07, 6.45) is -3.99. The Hall–Kier alpha value is -1.79. The van der Waals surface area contributed by atoms with E-state index in [1.165, 1.54) is 0 Å². The fourth-order valence-corrected chi connectivity index (χ4v) is 4.33. The molecule has 3 rings (SSSR count). The van der Waals surface area contributed by atoms with E-state index in [0.717, 1.165) is 0 Å². The van der Waals surface area contributed by atoms with Gasteiger partial charge in [0.15, 0.2) is 24.0 Å². The van der Waals surface area contributed by atoms with Crippen molar-refractivity contribution in [3.63, 3.8) is 0 Å². The summed E-state index contributed by atoms with van der Waals surface area (Å²) in [5.74, 6) is -5.25. The van der Waals surface area contributed by atoms with Crippen LogP contribution in [-0.2, 0) is 38.1 Å². The van der Waals surface area contributed by atoms with Crippen LogP contribution in [0.3, 0.4) is 0 Å². The van der Waals surface area contributed by atoms with Gasteiger partial charge in [0.2, 0.25) is 5.91 Å². The number of carboxylic acid groups (broad SMARTS) is 1. The average molecular weight is 472 g/mol. The highest BCUT2D eigenvalue weighted by atomic mass is 16.9. The molecule has 3 aliphatic rings. The number of rotatable bonds is 7. The van der Waals surface area contributed by atoms with Crippen molar-refractivity contribution in [3.8, 4) is 0 Å². The van der Waals surface area contributed by atoms with Crippen LogP contribution in [0.15, 0.2) is 0 Å². The summed E-state index contributed by atoms with van der Waals surface area (Å²) in [5.41, 5.74) is 0. The van der Waals surface area contributed by atoms with Crippen molar-refractivity contribution in [1.29, 1.82) is 0 Å². The van der Waals surface area contributed by atoms with Gasteiger partial charge in [0.1, 0.15) is 24.4 Å². The molecule has 33 heavy (non-hydrogen) atoms. The van der Waals surface area contributed by atoms with Crippen molar-refractivity contribution in [2.75, 3.05) is 0 Å². The summed E-state index contributed by atoms with van der Waals surface area (Å²) in [5, 5.41) is 16.5. The SMILES string of the molecule is CC(C)[C@H](NC(=O)[C@H](NC(=O)[C@@H]1O[C@@H]2OC(C)(C)O[C@@H]2[C@H]2OC(C)(C)O[C@H]21)C(C)C)C(=O)[O-]. The molecule has 0 unspecified atom stereocenters. The Morgan fingerprint density at radius 1 is 0.758 bits per heavy atom. The van der Waals surface area contributed by atoms with Crippen LogP contribution in [0.4, 0.5) is 0 Å². The molecule has 7 atom stereocenters. The molecule has 2 amide bonds. The van der Waals surface area contributed by atoms with Gasteiger partial charge in [-0.1, -0.05) is 27.7 Å². The summed E-state index contributed by atoms with van der Waals surface area (Å²) in [7, 11) is 0. The van der Waals surface area contributed by atoms with Gasteiger partial charge < -0.3 is 44.2 Å². The standard InChI is InChI=1S/C22H36N2O9/c1-9(2)11(17(25)24-12(10(3)4)19(27)28)23-18(26)15-13-14(31-21(5,6)30-13)16-20(29-15)33-22(7,8)32-16/h9-16,20H,1-8H3,(H,23,26)(H,24,25)(H,27,28)/p-1/t11-,12+,13-,14+,15-,16-,20-/m1/s1. The van der Waals surface area contributed by atoms with Crippen molar-refractivity contribution in [1.82, 2.24) is 10.6 Å². The molecule has 0 aromatic rings. The summed E-state index contributed by atoms with van der Waals surface area (Å²) in [4.78, 5) is 37.6. The molecule has 0 radical (unpaired) electrons. The maximum atomic E-state index is 13.3. The smallest absolute Gasteiger partial charge is 0.252 e. The molecule has 0 spiro atoms. The molecule has 0 aromatic carbocycles. The van der Waals surface area contributed by atoms with Crippen LogP contribution in [-0.4, -0.2) is 72.1 Å². The third-order valence-electron chi connectivity index (χ3n) is 5.88. The lowest BCUT2D eigenvalue weighted by molar-refractivity contribution is -0.309. The Kier molecular flexibility index (Phi) is 7.12. The molecule has 3 aliphatic heterocycles. The maximum Gasteiger partial charge on any atom is 0.252 e. The van der Waals surface area contributed by atoms with E-state index in [-0.39, 0.29) is 5.92 Å². The van der Waals surface area contributed by atoms with Crippen LogP contribution in [0.5, 0.6) is 0 Å². The molecular formula is C22H35N2O9-. The Balaban J connectivity index is 1.78. The zero-order chi connectivity index (χ0) is 24.9. The van der Waals surface area contributed by atoms with Crippen molar-refractivity contribution in [3.05, 3.63) is 0 Å². The summed E-state index contributed by atoms with van der Waals surface area (Å²) >= 11 is 0. The molecule has 0 aliphatic carbocycles. The van der Waals surface area contributed by atoms with E-state index in [0.29, 0.717) is 0 Å². The molecule has 0 aromatic heterocycles. The van der Waals surface area contributed by atoms with E-state index in [1.807, 2.05) is 0 Å². The van der Waals surface area contributed by atoms with Crippen LogP contribution >= 0.6 is 0 Å². The number of carbonyl (C=O) groups is 3. The van der Waals surface area contributed by atoms with Gasteiger partial charge in [0, 0.05) is 0 Å². The van der Waals surface area contributed by atoms with Crippen molar-refractivity contribution >= 4 is 17.8 Å². The first-order valence-corrected chi connectivity index (χ1v) is 11.3. The second-order valence-corrected chi connectivity index (χ2v) is 10.4. The van der Waals surface area contributed by atoms with E-state index < -0.39 is 78.1 Å². The fourth-order valence-electron chi connectivity index (χ4n) is 4.33. The molecule has 11 nitrogen and oxygen atoms in total. The van der Waals surface area contributed by atoms with Crippen LogP contribution in [0, 0.1) is 11.8 Å². The number of carboxylic acids is 1. The summed E-state index contributed by atoms with van der Waals surface area (Å²) in [6.45, 7) is 13.7. The first-order chi connectivity index (χ1) is 15.1. The third kappa shape index (κ3) is 5.48. The van der Waals surface area contributed by atoms with E-state index >= 15 is 0 Å². The van der Waals surface area contributed by atoms with Crippen LogP contribution in [0.2, 0.25) is 0 Å². The van der Waals surface area contributed by atoms with Gasteiger partial charge in [-0.15, -0.1) is 0 Å². The Bertz CT molecular complexity index is 782. The number of ether oxygens (including phenoxy) is 5. The third-order valence-corrected chi connectivity index (χ3v) is 5.88. The Morgan fingerprint density at radius 3 is 1.82 bits per heavy atom. The van der Waals surface area contributed by atoms with Gasteiger partial charge in [0.25, 0.3) is 5.91 Å². The topological polar surface area (TPSA) is 144 Å². The van der Waals surface area contributed by atoms with E-state index in [4.69, 9.17) is 23.7 Å². The van der Waals surface area contributed by atoms with Crippen molar-refractivity contribution in [2.45, 2.75) is 110 Å². The molecule has 0 saturated carbocycles. The lowest BCUT2D eigenvalue weighted by Crippen LogP contribution is -2.63. The molecule has 0 bridgehead atoms. The predicted molar refractivity (Wildman–Crippen MR) is 111 cm³/mol. The van der Waals surface area contributed by atoms with Gasteiger partial charge in [0.05, 0.1) is 12.0 Å². The van der Waals surface area contributed by atoms with Crippen molar-refractivity contribution < 1.29 is 43.2 Å². The van der Waals surface area contributed by atoms with Gasteiger partial charge in [-0.3, -0.25) is 9.59 Å². The minimum Gasteiger partial charge on any atom is -0.548 e. The molecule has 3 fully saturated rings. The van der Waals surface area contributed by atoms with Gasteiger partial charge in [-0.25, -0.2) is 0 Å². The molecule has 11 heteroatoms. The maximum absolute atomic E-state index is 13.3. The number of aliphatic carboxylic acids is 1. The average Bonchev–Trinajstić information content (AvgIpc) is 3.15. The molecule has 3 heterocycles. The predicted octanol–water partition coefficient (Wildman–Crippen LogP) is -0.586. The minimum atomic E-state index is -1.39. The lowest BCUT2D eigenvalue weighted by atomic mass is 9.96. The highest BCUT2D eigenvalue weighted by molar-refractivity contribution is 5.91. The summed E-state index contributed by atoms with van der Waals surface area (Å²) in [6, 6.07) is -2.20. The minimum absolute atomic E-state index is 0.335. The zero-order valence-corrected chi connectivity index (χ0v) is 20.4. The number of fused-ring (bicyclic) bond motifs is 3. The monoisotopic (exact) mass is 471 g/mol. The van der Waals surface area contributed by atoms with Gasteiger partial charge >= 0.3 is 0 Å². The number of amides is 2. The quantitative estimate of drug-likeness (QED) is 0.498. The van der Waals surface area contributed by atoms with E-state index in [2.05, 4.69) is 10.6 Å². The van der Waals surface area contributed by atoms with Crippen LogP contribution in [0.25, 0.3) is 0 Å². The highest BCUT2D eigenvalue weighted by Crippen LogP contribution is 2.44. The fraction of sp³-hybridized carbons (Fsp3) is 0.864. The first kappa shape index (κ1) is 25.8. The number of hydrogen-bond acceptors (Lipinski definition) is 9. The van der Waals surface area contributed by atoms with E-state index in [1.54, 1.807) is 55.4 Å². The number of nitrogens with one attached hydrogen (secondary N) is 2. The molecule has 2 N–H and O–H groups in total. The molecule has 3 saturated heterocycles. The summed E-state index contributed by atoms with van der Waals surface area (Å²) < 4.78 is 29.6. The number of hydrogen-bond donors (Lipinski definition) is 2. The lowest BCUT2D eigenvalue weighted by Gasteiger charge is -2.37. The largest absolute Gasteiger partial charge is 0.548 e. The normalized spacial score (nSPS) is 33.8. The second-order valence-electron chi connectivity index (χ2n) is 10.4. The highest BCUT2D eigenvalue weighted by Gasteiger charge is 2.62. The zero-order valence-electron chi connectivity index (χ0n) is 20.4. The second kappa shape index (κ2) is 9.10. The van der Waals surface area contributed by atoms with Gasteiger partial charge in [-0.05, 0) is 39.5 Å². The number of carbonyl (C=O) groups excluding carboxylic acids is 3. The Labute approximate surface area is 193 Å².